The van der Waals surface area contributed by atoms with Gasteiger partial charge in [0.25, 0.3) is 0 Å². The molecule has 0 unspecified atom stereocenters. The summed E-state index contributed by atoms with van der Waals surface area (Å²) < 4.78 is 0. The van der Waals surface area contributed by atoms with Crippen LogP contribution in [0.15, 0.2) is 90.6 Å². The molecule has 2 aromatic carbocycles. The van der Waals surface area contributed by atoms with Gasteiger partial charge in [0.15, 0.2) is 0 Å². The molecule has 22 heavy (non-hydrogen) atoms. The number of rotatable bonds is 3. The van der Waals surface area contributed by atoms with E-state index >= 15 is 0 Å². The lowest BCUT2D eigenvalue weighted by molar-refractivity contribution is 1.10. The Bertz CT molecular complexity index is 769. The molecule has 0 aromatic heterocycles. The second kappa shape index (κ2) is 5.65. The first-order valence-corrected chi connectivity index (χ1v) is 7.81. The zero-order chi connectivity index (χ0) is 14.8. The molecular weight excluding hydrogens is 264 g/mol. The van der Waals surface area contributed by atoms with Crippen molar-refractivity contribution in [1.82, 2.24) is 0 Å². The van der Waals surface area contributed by atoms with E-state index < -0.39 is 0 Å². The van der Waals surface area contributed by atoms with Gasteiger partial charge in [-0.2, -0.15) is 0 Å². The summed E-state index contributed by atoms with van der Waals surface area (Å²) in [7, 11) is 0. The van der Waals surface area contributed by atoms with Crippen LogP contribution in [0.3, 0.4) is 0 Å². The third-order valence-corrected chi connectivity index (χ3v) is 4.33. The summed E-state index contributed by atoms with van der Waals surface area (Å²) in [6, 6.07) is 17.7. The molecule has 0 nitrogen and oxygen atoms in total. The largest absolute Gasteiger partial charge is 0.0798 e. The number of benzene rings is 2. The van der Waals surface area contributed by atoms with Crippen molar-refractivity contribution in [3.63, 3.8) is 0 Å². The molecule has 106 valence electrons. The number of hydrogen-bond donors (Lipinski definition) is 0. The Labute approximate surface area is 131 Å². The van der Waals surface area contributed by atoms with E-state index in [0.717, 1.165) is 6.42 Å². The average molecular weight is 282 g/mol. The Morgan fingerprint density at radius 2 is 1.36 bits per heavy atom. The van der Waals surface area contributed by atoms with Crippen LogP contribution < -0.4 is 0 Å². The van der Waals surface area contributed by atoms with E-state index in [1.807, 2.05) is 0 Å². The predicted molar refractivity (Wildman–Crippen MR) is 94.6 cm³/mol. The van der Waals surface area contributed by atoms with Crippen LogP contribution >= 0.6 is 0 Å². The van der Waals surface area contributed by atoms with Crippen LogP contribution in [0.2, 0.25) is 0 Å². The molecule has 0 N–H and O–H groups in total. The standard InChI is InChI=1S/C22H18/c1-2-7-19(6-1)21-12-14-22(15-13-21)20-10-8-18(9-11-20)16-17-4-3-5-17/h1-4,6-16,19H,5H2/b17-16+. The first-order chi connectivity index (χ1) is 10.9. The molecule has 2 aliphatic carbocycles. The van der Waals surface area contributed by atoms with Crippen molar-refractivity contribution in [2.24, 2.45) is 0 Å². The third-order valence-electron chi connectivity index (χ3n) is 4.33. The fraction of sp³-hybridized carbons (Fsp3) is 0.0909. The SMILES string of the molecule is C1=CC(c2ccc(-c3ccc(/C=C4\C=CC4)cc3)cc2)C=C1. The molecule has 0 heteroatoms. The second-order valence-electron chi connectivity index (χ2n) is 5.87. The quantitative estimate of drug-likeness (QED) is 0.656. The summed E-state index contributed by atoms with van der Waals surface area (Å²) in [5.41, 5.74) is 6.59. The van der Waals surface area contributed by atoms with E-state index in [-0.39, 0.29) is 0 Å². The zero-order valence-electron chi connectivity index (χ0n) is 12.4. The van der Waals surface area contributed by atoms with Gasteiger partial charge in [-0.05, 0) is 34.2 Å². The van der Waals surface area contributed by atoms with Gasteiger partial charge in [-0.25, -0.2) is 0 Å². The summed E-state index contributed by atoms with van der Waals surface area (Å²) in [6.45, 7) is 0. The van der Waals surface area contributed by atoms with Crippen LogP contribution in [0.5, 0.6) is 0 Å². The zero-order valence-corrected chi connectivity index (χ0v) is 12.4. The van der Waals surface area contributed by atoms with Crippen molar-refractivity contribution in [3.8, 4) is 11.1 Å². The summed E-state index contributed by atoms with van der Waals surface area (Å²) >= 11 is 0. The van der Waals surface area contributed by atoms with Gasteiger partial charge in [0.2, 0.25) is 0 Å². The molecule has 0 heterocycles. The molecule has 2 aromatic rings. The molecule has 0 fully saturated rings. The first kappa shape index (κ1) is 13.1. The van der Waals surface area contributed by atoms with Crippen molar-refractivity contribution in [3.05, 3.63) is 102 Å². The van der Waals surface area contributed by atoms with Crippen molar-refractivity contribution in [1.29, 1.82) is 0 Å². The minimum absolute atomic E-state index is 0.443. The van der Waals surface area contributed by atoms with Gasteiger partial charge in [-0.15, -0.1) is 0 Å². The molecule has 0 radical (unpaired) electrons. The Balaban J connectivity index is 1.55. The van der Waals surface area contributed by atoms with Gasteiger partial charge >= 0.3 is 0 Å². The Morgan fingerprint density at radius 1 is 0.773 bits per heavy atom. The topological polar surface area (TPSA) is 0 Å². The van der Waals surface area contributed by atoms with Crippen molar-refractivity contribution < 1.29 is 0 Å². The van der Waals surface area contributed by atoms with E-state index in [9.17, 15) is 0 Å². The van der Waals surface area contributed by atoms with E-state index in [1.165, 1.54) is 27.8 Å². The van der Waals surface area contributed by atoms with Gasteiger partial charge in [0.1, 0.15) is 0 Å². The molecule has 0 spiro atoms. The molecule has 0 atom stereocenters. The molecule has 0 saturated heterocycles. The Hall–Kier alpha value is -2.60. The van der Waals surface area contributed by atoms with Gasteiger partial charge in [-0.3, -0.25) is 0 Å². The van der Waals surface area contributed by atoms with E-state index in [0.29, 0.717) is 5.92 Å². The van der Waals surface area contributed by atoms with Crippen LogP contribution in [-0.4, -0.2) is 0 Å². The lowest BCUT2D eigenvalue weighted by atomic mass is 9.96. The minimum atomic E-state index is 0.443. The monoisotopic (exact) mass is 282 g/mol. The summed E-state index contributed by atoms with van der Waals surface area (Å²) in [5, 5.41) is 0. The van der Waals surface area contributed by atoms with Crippen LogP contribution in [0, 0.1) is 0 Å². The summed E-state index contributed by atoms with van der Waals surface area (Å²) in [4.78, 5) is 0. The lowest BCUT2D eigenvalue weighted by Crippen LogP contribution is -1.89. The Morgan fingerprint density at radius 3 is 1.91 bits per heavy atom. The molecule has 2 aliphatic rings. The van der Waals surface area contributed by atoms with Crippen molar-refractivity contribution in [2.75, 3.05) is 0 Å². The van der Waals surface area contributed by atoms with Crippen LogP contribution in [0.4, 0.5) is 0 Å². The highest BCUT2D eigenvalue weighted by Crippen LogP contribution is 2.27. The number of allylic oxidation sites excluding steroid dienone is 7. The third kappa shape index (κ3) is 2.60. The first-order valence-electron chi connectivity index (χ1n) is 7.81. The van der Waals surface area contributed by atoms with Gasteiger partial charge < -0.3 is 0 Å². The predicted octanol–water partition coefficient (Wildman–Crippen LogP) is 5.91. The van der Waals surface area contributed by atoms with Crippen LogP contribution in [-0.2, 0) is 0 Å². The van der Waals surface area contributed by atoms with Crippen LogP contribution in [0.1, 0.15) is 23.5 Å². The average Bonchev–Trinajstić information content (AvgIpc) is 3.06. The maximum atomic E-state index is 2.26. The summed E-state index contributed by atoms with van der Waals surface area (Å²) in [5.74, 6) is 0.443. The Kier molecular flexibility index (Phi) is 3.36. The smallest absolute Gasteiger partial charge is 0.0204 e. The van der Waals surface area contributed by atoms with E-state index in [2.05, 4.69) is 91.1 Å². The van der Waals surface area contributed by atoms with E-state index in [1.54, 1.807) is 0 Å². The fourth-order valence-corrected chi connectivity index (χ4v) is 2.90. The van der Waals surface area contributed by atoms with E-state index in [4.69, 9.17) is 0 Å². The fourth-order valence-electron chi connectivity index (χ4n) is 2.90. The molecule has 0 amide bonds. The van der Waals surface area contributed by atoms with Gasteiger partial charge in [0.05, 0.1) is 0 Å². The minimum Gasteiger partial charge on any atom is -0.0798 e. The maximum Gasteiger partial charge on any atom is 0.0204 e. The molecule has 4 rings (SSSR count). The van der Waals surface area contributed by atoms with Gasteiger partial charge in [-0.1, -0.05) is 91.1 Å². The highest BCUT2D eigenvalue weighted by Gasteiger charge is 2.07. The van der Waals surface area contributed by atoms with Gasteiger partial charge in [0, 0.05) is 5.92 Å². The molecule has 0 bridgehead atoms. The summed E-state index contributed by atoms with van der Waals surface area (Å²) in [6.07, 6.45) is 16.4. The maximum absolute atomic E-state index is 2.26. The molecule has 0 saturated carbocycles. The second-order valence-corrected chi connectivity index (χ2v) is 5.87. The molecular formula is C22H18. The highest BCUT2D eigenvalue weighted by atomic mass is 14.1. The highest BCUT2D eigenvalue weighted by molar-refractivity contribution is 5.67. The van der Waals surface area contributed by atoms with Crippen molar-refractivity contribution >= 4 is 6.08 Å². The molecule has 0 aliphatic heterocycles. The lowest BCUT2D eigenvalue weighted by Gasteiger charge is -2.09. The number of hydrogen-bond acceptors (Lipinski definition) is 0. The normalized spacial score (nSPS) is 18.1. The van der Waals surface area contributed by atoms with Crippen LogP contribution in [0.25, 0.3) is 17.2 Å². The van der Waals surface area contributed by atoms with Crippen molar-refractivity contribution in [2.45, 2.75) is 12.3 Å².